The van der Waals surface area contributed by atoms with Crippen LogP contribution in [0.25, 0.3) is 0 Å². The first-order valence-electron chi connectivity index (χ1n) is 8.23. The summed E-state index contributed by atoms with van der Waals surface area (Å²) in [6, 6.07) is 12.7. The number of carbonyl (C=O) groups excluding carboxylic acids is 1. The van der Waals surface area contributed by atoms with Crippen LogP contribution in [0.5, 0.6) is 0 Å². The molecule has 0 heterocycles. The van der Waals surface area contributed by atoms with E-state index in [1.807, 2.05) is 38.1 Å². The lowest BCUT2D eigenvalue weighted by atomic mass is 10.1. The van der Waals surface area contributed by atoms with E-state index in [0.717, 1.165) is 22.9 Å². The molecule has 1 amide bonds. The zero-order valence-electron chi connectivity index (χ0n) is 15.1. The fourth-order valence-electron chi connectivity index (χ4n) is 2.64. The van der Waals surface area contributed by atoms with Gasteiger partial charge in [-0.1, -0.05) is 41.4 Å². The summed E-state index contributed by atoms with van der Waals surface area (Å²) in [6.07, 6.45) is 1.23. The van der Waals surface area contributed by atoms with Crippen molar-refractivity contribution in [3.63, 3.8) is 0 Å². The van der Waals surface area contributed by atoms with Crippen LogP contribution in [0.2, 0.25) is 5.02 Å². The minimum absolute atomic E-state index is 0.0774. The van der Waals surface area contributed by atoms with Crippen molar-refractivity contribution >= 4 is 33.2 Å². The summed E-state index contributed by atoms with van der Waals surface area (Å²) in [7, 11) is -3.48. The van der Waals surface area contributed by atoms with Crippen LogP contribution in [0.4, 0.5) is 5.69 Å². The van der Waals surface area contributed by atoms with Gasteiger partial charge in [0.05, 0.1) is 11.9 Å². The molecule has 140 valence electrons. The molecule has 0 atom stereocenters. The van der Waals surface area contributed by atoms with Crippen molar-refractivity contribution in [2.24, 2.45) is 0 Å². The van der Waals surface area contributed by atoms with E-state index in [9.17, 15) is 13.2 Å². The van der Waals surface area contributed by atoms with Crippen molar-refractivity contribution in [2.75, 3.05) is 17.1 Å². The molecule has 0 aliphatic heterocycles. The normalized spacial score (nSPS) is 11.2. The number of hydrogen-bond donors (Lipinski definition) is 1. The van der Waals surface area contributed by atoms with E-state index in [1.165, 1.54) is 4.31 Å². The third-order valence-electron chi connectivity index (χ3n) is 3.97. The van der Waals surface area contributed by atoms with E-state index in [-0.39, 0.29) is 18.9 Å². The molecule has 0 spiro atoms. The van der Waals surface area contributed by atoms with Gasteiger partial charge in [-0.15, -0.1) is 0 Å². The van der Waals surface area contributed by atoms with Crippen molar-refractivity contribution in [3.8, 4) is 0 Å². The maximum Gasteiger partial charge on any atom is 0.232 e. The molecule has 0 saturated carbocycles. The van der Waals surface area contributed by atoms with Crippen LogP contribution >= 0.6 is 11.6 Å². The number of nitrogens with zero attached hydrogens (tertiary/aromatic N) is 1. The van der Waals surface area contributed by atoms with Crippen LogP contribution in [0, 0.1) is 13.8 Å². The second kappa shape index (κ2) is 8.56. The van der Waals surface area contributed by atoms with E-state index in [1.54, 1.807) is 18.2 Å². The van der Waals surface area contributed by atoms with Crippen LogP contribution in [0.15, 0.2) is 42.5 Å². The molecule has 2 rings (SSSR count). The number of anilines is 1. The van der Waals surface area contributed by atoms with Gasteiger partial charge in [-0.25, -0.2) is 8.42 Å². The minimum Gasteiger partial charge on any atom is -0.352 e. The maximum atomic E-state index is 12.2. The lowest BCUT2D eigenvalue weighted by molar-refractivity contribution is -0.121. The maximum absolute atomic E-state index is 12.2. The van der Waals surface area contributed by atoms with Crippen LogP contribution in [-0.4, -0.2) is 27.1 Å². The first-order valence-corrected chi connectivity index (χ1v) is 10.5. The average molecular weight is 395 g/mol. The second-order valence-corrected chi connectivity index (χ2v) is 8.62. The fraction of sp³-hybridized carbons (Fsp3) is 0.316. The number of amides is 1. The quantitative estimate of drug-likeness (QED) is 0.782. The monoisotopic (exact) mass is 394 g/mol. The highest BCUT2D eigenvalue weighted by Gasteiger charge is 2.20. The number of benzene rings is 2. The molecule has 0 bridgehead atoms. The highest BCUT2D eigenvalue weighted by Crippen LogP contribution is 2.23. The molecule has 0 unspecified atom stereocenters. The first kappa shape index (κ1) is 20.3. The van der Waals surface area contributed by atoms with Crippen molar-refractivity contribution in [1.29, 1.82) is 0 Å². The Balaban J connectivity index is 2.01. The molecule has 0 aliphatic rings. The van der Waals surface area contributed by atoms with E-state index in [4.69, 9.17) is 11.6 Å². The zero-order valence-corrected chi connectivity index (χ0v) is 16.7. The molecule has 0 aliphatic carbocycles. The number of carbonyl (C=O) groups is 1. The molecular weight excluding hydrogens is 372 g/mol. The Kier molecular flexibility index (Phi) is 6.67. The molecule has 0 fully saturated rings. The number of halogens is 1. The second-order valence-electron chi connectivity index (χ2n) is 6.28. The van der Waals surface area contributed by atoms with Crippen molar-refractivity contribution in [1.82, 2.24) is 5.32 Å². The molecule has 1 N–H and O–H groups in total. The fourth-order valence-corrected chi connectivity index (χ4v) is 3.76. The topological polar surface area (TPSA) is 66.5 Å². The molecule has 0 aromatic heterocycles. The number of hydrogen-bond acceptors (Lipinski definition) is 3. The smallest absolute Gasteiger partial charge is 0.232 e. The molecule has 5 nitrogen and oxygen atoms in total. The van der Waals surface area contributed by atoms with Gasteiger partial charge in [-0.3, -0.25) is 9.10 Å². The third kappa shape index (κ3) is 5.75. The SMILES string of the molecule is Cc1ccc(N(CCC(=O)NCc2ccc(Cl)cc2)S(C)(=O)=O)c(C)c1. The molecule has 2 aromatic carbocycles. The Morgan fingerprint density at radius 1 is 1.12 bits per heavy atom. The lowest BCUT2D eigenvalue weighted by Crippen LogP contribution is -2.35. The third-order valence-corrected chi connectivity index (χ3v) is 5.40. The van der Waals surface area contributed by atoms with Crippen LogP contribution in [-0.2, 0) is 21.4 Å². The molecule has 0 saturated heterocycles. The van der Waals surface area contributed by atoms with Crippen LogP contribution in [0.3, 0.4) is 0 Å². The highest BCUT2D eigenvalue weighted by molar-refractivity contribution is 7.92. The summed E-state index contributed by atoms with van der Waals surface area (Å²) in [6.45, 7) is 4.28. The van der Waals surface area contributed by atoms with Gasteiger partial charge in [-0.2, -0.15) is 0 Å². The average Bonchev–Trinajstić information content (AvgIpc) is 2.55. The van der Waals surface area contributed by atoms with Gasteiger partial charge in [0, 0.05) is 24.5 Å². The van der Waals surface area contributed by atoms with Gasteiger partial charge in [-0.05, 0) is 43.2 Å². The standard InChI is InChI=1S/C19H23ClN2O3S/c1-14-4-9-18(15(2)12-14)22(26(3,24)25)11-10-19(23)21-13-16-5-7-17(20)8-6-16/h4-9,12H,10-11,13H2,1-3H3,(H,21,23). The first-order chi connectivity index (χ1) is 12.2. The predicted octanol–water partition coefficient (Wildman–Crippen LogP) is 3.43. The number of sulfonamides is 1. The van der Waals surface area contributed by atoms with Gasteiger partial charge >= 0.3 is 0 Å². The summed E-state index contributed by atoms with van der Waals surface area (Å²) in [5.74, 6) is -0.210. The Labute approximate surface area is 160 Å². The molecular formula is C19H23ClN2O3S. The van der Waals surface area contributed by atoms with Crippen molar-refractivity contribution in [2.45, 2.75) is 26.8 Å². The Morgan fingerprint density at radius 2 is 1.77 bits per heavy atom. The summed E-state index contributed by atoms with van der Waals surface area (Å²) in [5, 5.41) is 3.43. The van der Waals surface area contributed by atoms with Gasteiger partial charge in [0.25, 0.3) is 0 Å². The van der Waals surface area contributed by atoms with Crippen molar-refractivity contribution < 1.29 is 13.2 Å². The Bertz CT molecular complexity index is 880. The molecule has 2 aromatic rings. The van der Waals surface area contributed by atoms with Gasteiger partial charge < -0.3 is 5.32 Å². The van der Waals surface area contributed by atoms with Crippen LogP contribution in [0.1, 0.15) is 23.1 Å². The lowest BCUT2D eigenvalue weighted by Gasteiger charge is -2.24. The Morgan fingerprint density at radius 3 is 2.35 bits per heavy atom. The van der Waals surface area contributed by atoms with E-state index in [0.29, 0.717) is 17.3 Å². The molecule has 7 heteroatoms. The minimum atomic E-state index is -3.48. The summed E-state index contributed by atoms with van der Waals surface area (Å²) >= 11 is 5.83. The van der Waals surface area contributed by atoms with Gasteiger partial charge in [0.15, 0.2) is 0 Å². The number of aryl methyl sites for hydroxylation is 2. The zero-order chi connectivity index (χ0) is 19.3. The highest BCUT2D eigenvalue weighted by atomic mass is 35.5. The summed E-state index contributed by atoms with van der Waals surface area (Å²) in [4.78, 5) is 12.1. The summed E-state index contributed by atoms with van der Waals surface area (Å²) in [5.41, 5.74) is 3.44. The predicted molar refractivity (Wildman–Crippen MR) is 106 cm³/mol. The van der Waals surface area contributed by atoms with Gasteiger partial charge in [0.1, 0.15) is 0 Å². The number of rotatable bonds is 7. The van der Waals surface area contributed by atoms with Crippen LogP contribution < -0.4 is 9.62 Å². The summed E-state index contributed by atoms with van der Waals surface area (Å²) < 4.78 is 25.6. The van der Waals surface area contributed by atoms with E-state index < -0.39 is 10.0 Å². The number of nitrogens with one attached hydrogen (secondary N) is 1. The van der Waals surface area contributed by atoms with E-state index in [2.05, 4.69) is 5.32 Å². The molecule has 0 radical (unpaired) electrons. The largest absolute Gasteiger partial charge is 0.352 e. The molecule has 26 heavy (non-hydrogen) atoms. The van der Waals surface area contributed by atoms with E-state index >= 15 is 0 Å². The Hall–Kier alpha value is -2.05. The van der Waals surface area contributed by atoms with Gasteiger partial charge in [0.2, 0.25) is 15.9 Å². The van der Waals surface area contributed by atoms with Crippen molar-refractivity contribution in [3.05, 3.63) is 64.2 Å².